The van der Waals surface area contributed by atoms with E-state index in [-0.39, 0.29) is 12.4 Å². The van der Waals surface area contributed by atoms with Gasteiger partial charge in [0.25, 0.3) is 0 Å². The number of nitrogens with zero attached hydrogens (tertiary/aromatic N) is 1. The molecule has 162 valence electrons. The van der Waals surface area contributed by atoms with E-state index < -0.39 is 6.10 Å². The third-order valence-corrected chi connectivity index (χ3v) is 5.41. The highest BCUT2D eigenvalue weighted by molar-refractivity contribution is 5.47. The lowest BCUT2D eigenvalue weighted by Crippen LogP contribution is -3.16. The summed E-state index contributed by atoms with van der Waals surface area (Å²) in [5.74, 6) is 1.93. The molecule has 1 atom stereocenters. The number of quaternary nitrogens is 1. The van der Waals surface area contributed by atoms with Gasteiger partial charge in [0.05, 0.1) is 31.9 Å². The van der Waals surface area contributed by atoms with Crippen molar-refractivity contribution >= 4 is 5.69 Å². The Morgan fingerprint density at radius 3 is 2.32 bits per heavy atom. The predicted molar refractivity (Wildman–Crippen MR) is 119 cm³/mol. The molecule has 0 radical (unpaired) electrons. The molecule has 2 N–H and O–H groups in total. The minimum atomic E-state index is -0.575. The Labute approximate surface area is 182 Å². The average molecular weight is 424 g/mol. The van der Waals surface area contributed by atoms with Gasteiger partial charge in [0.2, 0.25) is 0 Å². The van der Waals surface area contributed by atoms with E-state index in [2.05, 4.69) is 4.90 Å². The van der Waals surface area contributed by atoms with E-state index in [4.69, 9.17) is 9.47 Å². The Morgan fingerprint density at radius 2 is 1.55 bits per heavy atom. The molecule has 1 fully saturated rings. The number of aliphatic hydroxyl groups excluding tert-OH is 1. The summed E-state index contributed by atoms with van der Waals surface area (Å²) in [4.78, 5) is 3.37. The lowest BCUT2D eigenvalue weighted by atomic mass is 10.2. The largest absolute Gasteiger partial charge is 0.491 e. The van der Waals surface area contributed by atoms with Crippen molar-refractivity contribution < 1.29 is 23.9 Å². The molecule has 0 amide bonds. The van der Waals surface area contributed by atoms with E-state index in [1.807, 2.05) is 66.7 Å². The van der Waals surface area contributed by atoms with Crippen molar-refractivity contribution in [2.45, 2.75) is 6.10 Å². The van der Waals surface area contributed by atoms with Gasteiger partial charge in [-0.3, -0.25) is 0 Å². The number of benzene rings is 3. The van der Waals surface area contributed by atoms with Crippen molar-refractivity contribution in [1.29, 1.82) is 0 Å². The van der Waals surface area contributed by atoms with E-state index in [9.17, 15) is 9.50 Å². The SMILES string of the molecule is O[C@@H](COc1cccc(Oc2ccccc2)c1)C[NH+]1CCN(c2ccccc2F)CC1. The van der Waals surface area contributed by atoms with Crippen LogP contribution in [0, 0.1) is 5.82 Å². The van der Waals surface area contributed by atoms with E-state index in [1.165, 1.54) is 11.0 Å². The highest BCUT2D eigenvalue weighted by Gasteiger charge is 2.24. The number of piperazine rings is 1. The lowest BCUT2D eigenvalue weighted by Gasteiger charge is -2.34. The molecular weight excluding hydrogens is 395 g/mol. The molecule has 1 aliphatic rings. The normalized spacial score (nSPS) is 15.5. The molecular formula is C25H28FN2O3+. The molecule has 1 saturated heterocycles. The molecule has 0 aliphatic carbocycles. The summed E-state index contributed by atoms with van der Waals surface area (Å²) in [6.07, 6.45) is -0.575. The number of hydrogen-bond acceptors (Lipinski definition) is 4. The van der Waals surface area contributed by atoms with Gasteiger partial charge in [-0.15, -0.1) is 0 Å². The van der Waals surface area contributed by atoms with Crippen LogP contribution in [0.1, 0.15) is 0 Å². The number of nitrogens with one attached hydrogen (secondary N) is 1. The first-order valence-corrected chi connectivity index (χ1v) is 10.6. The monoisotopic (exact) mass is 423 g/mol. The van der Waals surface area contributed by atoms with Gasteiger partial charge in [-0.25, -0.2) is 4.39 Å². The molecule has 1 heterocycles. The van der Waals surface area contributed by atoms with Crippen LogP contribution in [-0.2, 0) is 0 Å². The summed E-state index contributed by atoms with van der Waals surface area (Å²) in [6.45, 7) is 4.06. The highest BCUT2D eigenvalue weighted by atomic mass is 19.1. The standard InChI is InChI=1S/C25H27FN2O3/c26-24-11-4-5-12-25(24)28-15-13-27(14-16-28)18-20(29)19-30-22-9-6-10-23(17-22)31-21-7-2-1-3-8-21/h1-12,17,20,29H,13-16,18-19H2/p+1/t20-/m1/s1. The number of para-hydroxylation sites is 2. The van der Waals surface area contributed by atoms with Crippen LogP contribution in [0.15, 0.2) is 78.9 Å². The molecule has 6 heteroatoms. The number of hydrogen-bond donors (Lipinski definition) is 2. The Morgan fingerprint density at radius 1 is 0.871 bits per heavy atom. The second-order valence-corrected chi connectivity index (χ2v) is 7.75. The molecule has 0 spiro atoms. The minimum Gasteiger partial charge on any atom is -0.491 e. The summed E-state index contributed by atoms with van der Waals surface area (Å²) in [7, 11) is 0. The van der Waals surface area contributed by atoms with Crippen molar-refractivity contribution in [2.75, 3.05) is 44.2 Å². The van der Waals surface area contributed by atoms with Crippen molar-refractivity contribution in [3.63, 3.8) is 0 Å². The Balaban J connectivity index is 1.22. The van der Waals surface area contributed by atoms with Gasteiger partial charge in [-0.2, -0.15) is 0 Å². The molecule has 0 unspecified atom stereocenters. The van der Waals surface area contributed by atoms with E-state index in [1.54, 1.807) is 6.07 Å². The molecule has 0 bridgehead atoms. The van der Waals surface area contributed by atoms with E-state index in [0.717, 1.165) is 31.9 Å². The first-order chi connectivity index (χ1) is 15.2. The average Bonchev–Trinajstić information content (AvgIpc) is 2.80. The molecule has 3 aromatic carbocycles. The summed E-state index contributed by atoms with van der Waals surface area (Å²) < 4.78 is 25.6. The second-order valence-electron chi connectivity index (χ2n) is 7.75. The fourth-order valence-electron chi connectivity index (χ4n) is 3.81. The van der Waals surface area contributed by atoms with Crippen molar-refractivity contribution in [2.24, 2.45) is 0 Å². The molecule has 5 nitrogen and oxygen atoms in total. The van der Waals surface area contributed by atoms with Crippen LogP contribution in [0.4, 0.5) is 10.1 Å². The smallest absolute Gasteiger partial charge is 0.146 e. The fourth-order valence-corrected chi connectivity index (χ4v) is 3.81. The summed E-state index contributed by atoms with van der Waals surface area (Å²) >= 11 is 0. The maximum absolute atomic E-state index is 14.0. The van der Waals surface area contributed by atoms with Gasteiger partial charge in [0, 0.05) is 6.07 Å². The van der Waals surface area contributed by atoms with Gasteiger partial charge >= 0.3 is 0 Å². The fraction of sp³-hybridized carbons (Fsp3) is 0.280. The van der Waals surface area contributed by atoms with Crippen molar-refractivity contribution in [3.8, 4) is 17.2 Å². The van der Waals surface area contributed by atoms with Crippen molar-refractivity contribution in [1.82, 2.24) is 0 Å². The summed E-state index contributed by atoms with van der Waals surface area (Å²) in [5, 5.41) is 10.4. The maximum Gasteiger partial charge on any atom is 0.146 e. The molecule has 0 saturated carbocycles. The quantitative estimate of drug-likeness (QED) is 0.585. The van der Waals surface area contributed by atoms with Gasteiger partial charge in [0.1, 0.15) is 42.3 Å². The number of ether oxygens (including phenoxy) is 2. The van der Waals surface area contributed by atoms with Gasteiger partial charge in [0.15, 0.2) is 0 Å². The molecule has 31 heavy (non-hydrogen) atoms. The minimum absolute atomic E-state index is 0.183. The molecule has 4 rings (SSSR count). The van der Waals surface area contributed by atoms with E-state index in [0.29, 0.717) is 23.7 Å². The summed E-state index contributed by atoms with van der Waals surface area (Å²) in [6, 6.07) is 23.9. The first-order valence-electron chi connectivity index (χ1n) is 10.6. The summed E-state index contributed by atoms with van der Waals surface area (Å²) in [5.41, 5.74) is 0.656. The second kappa shape index (κ2) is 10.3. The molecule has 0 aromatic heterocycles. The van der Waals surface area contributed by atoms with Crippen LogP contribution < -0.4 is 19.3 Å². The molecule has 1 aliphatic heterocycles. The maximum atomic E-state index is 14.0. The van der Waals surface area contributed by atoms with Gasteiger partial charge in [-0.05, 0) is 36.4 Å². The number of rotatable bonds is 8. The van der Waals surface area contributed by atoms with Crippen LogP contribution in [0.2, 0.25) is 0 Å². The Bertz CT molecular complexity index is 962. The third-order valence-electron chi connectivity index (χ3n) is 5.41. The van der Waals surface area contributed by atoms with Crippen LogP contribution in [-0.4, -0.2) is 50.5 Å². The lowest BCUT2D eigenvalue weighted by molar-refractivity contribution is -0.903. The number of anilines is 1. The van der Waals surface area contributed by atoms with E-state index >= 15 is 0 Å². The van der Waals surface area contributed by atoms with Crippen LogP contribution >= 0.6 is 0 Å². The molecule has 3 aromatic rings. The Hall–Kier alpha value is -3.09. The van der Waals surface area contributed by atoms with Crippen LogP contribution in [0.3, 0.4) is 0 Å². The third kappa shape index (κ3) is 5.96. The first kappa shape index (κ1) is 21.2. The predicted octanol–water partition coefficient (Wildman–Crippen LogP) is 2.76. The van der Waals surface area contributed by atoms with Crippen LogP contribution in [0.5, 0.6) is 17.2 Å². The van der Waals surface area contributed by atoms with Crippen molar-refractivity contribution in [3.05, 3.63) is 84.7 Å². The topological polar surface area (TPSA) is 46.4 Å². The van der Waals surface area contributed by atoms with Gasteiger partial charge in [-0.1, -0.05) is 36.4 Å². The van der Waals surface area contributed by atoms with Crippen LogP contribution in [0.25, 0.3) is 0 Å². The zero-order valence-corrected chi connectivity index (χ0v) is 17.4. The highest BCUT2D eigenvalue weighted by Crippen LogP contribution is 2.25. The Kier molecular flexibility index (Phi) is 7.02. The zero-order chi connectivity index (χ0) is 21.5. The zero-order valence-electron chi connectivity index (χ0n) is 17.4. The number of aliphatic hydroxyl groups is 1. The number of halogens is 1. The van der Waals surface area contributed by atoms with Gasteiger partial charge < -0.3 is 24.4 Å².